The molecule has 4 nitrogen and oxygen atoms in total. The van der Waals surface area contributed by atoms with Crippen LogP contribution in [0.25, 0.3) is 23.3 Å². The van der Waals surface area contributed by atoms with Gasteiger partial charge in [-0.1, -0.05) is 12.0 Å². The largest absolute Gasteiger partial charge is 0.434 e. The van der Waals surface area contributed by atoms with Crippen molar-refractivity contribution in [3.05, 3.63) is 53.4 Å². The molecule has 21 heavy (non-hydrogen) atoms. The van der Waals surface area contributed by atoms with E-state index in [1.807, 2.05) is 31.4 Å². The molecule has 0 aliphatic carbocycles. The Morgan fingerprint density at radius 1 is 1.24 bits per heavy atom. The van der Waals surface area contributed by atoms with Crippen molar-refractivity contribution in [3.63, 3.8) is 0 Å². The smallest absolute Gasteiger partial charge is 0.402 e. The predicted molar refractivity (Wildman–Crippen MR) is 83.9 cm³/mol. The Hall–Kier alpha value is -2.56. The number of hydrogen-bond acceptors (Lipinski definition) is 3. The van der Waals surface area contributed by atoms with Crippen LogP contribution in [0.3, 0.4) is 0 Å². The van der Waals surface area contributed by atoms with E-state index in [2.05, 4.69) is 45.5 Å². The second-order valence-corrected chi connectivity index (χ2v) is 5.35. The molecule has 0 spiro atoms. The van der Waals surface area contributed by atoms with E-state index in [0.717, 1.165) is 21.8 Å². The van der Waals surface area contributed by atoms with Gasteiger partial charge >= 0.3 is 6.85 Å². The van der Waals surface area contributed by atoms with Crippen LogP contribution < -0.4 is 20.0 Å². The van der Waals surface area contributed by atoms with Crippen LogP contribution in [0, 0.1) is 0 Å². The fourth-order valence-electron chi connectivity index (χ4n) is 2.86. The maximum atomic E-state index is 5.88. The van der Waals surface area contributed by atoms with Gasteiger partial charge in [0.05, 0.1) is 13.2 Å². The molecule has 3 aromatic heterocycles. The number of fused-ring (bicyclic) bond motifs is 3. The van der Waals surface area contributed by atoms with Crippen LogP contribution in [0.2, 0.25) is 6.82 Å². The van der Waals surface area contributed by atoms with E-state index in [0.29, 0.717) is 5.71 Å². The van der Waals surface area contributed by atoms with E-state index in [1.165, 1.54) is 0 Å². The molecule has 0 N–H and O–H groups in total. The number of nitrogens with zero attached hydrogens (tertiary/aromatic N) is 3. The molecule has 0 saturated heterocycles. The van der Waals surface area contributed by atoms with Crippen molar-refractivity contribution in [1.29, 1.82) is 0 Å². The molecule has 5 heteroatoms. The molecule has 4 heterocycles. The van der Waals surface area contributed by atoms with Crippen LogP contribution in [0.5, 0.6) is 0 Å². The standard InChI is InChI=1S/C16H15BN3O/c1-17-10-13-12-6-5-8-18-16(12)21-14(13)11-20(17)15-7-3-4-9-19(15)2/h3-11H,1-2H3/q+1. The molecular weight excluding hydrogens is 261 g/mol. The average Bonchev–Trinajstić information content (AvgIpc) is 2.85. The summed E-state index contributed by atoms with van der Waals surface area (Å²) in [7, 11) is 2.05. The third kappa shape index (κ3) is 1.85. The molecule has 0 saturated carbocycles. The van der Waals surface area contributed by atoms with Gasteiger partial charge in [0.15, 0.2) is 5.42 Å². The van der Waals surface area contributed by atoms with Gasteiger partial charge in [0.25, 0.3) is 5.82 Å². The predicted octanol–water partition coefficient (Wildman–Crippen LogP) is 0.851. The Morgan fingerprint density at radius 2 is 2.14 bits per heavy atom. The molecule has 0 aromatic carbocycles. The quantitative estimate of drug-likeness (QED) is 0.488. The molecule has 0 unspecified atom stereocenters. The Bertz CT molecular complexity index is 948. The number of anilines is 1. The summed E-state index contributed by atoms with van der Waals surface area (Å²) in [6.07, 6.45) is 5.87. The van der Waals surface area contributed by atoms with Crippen molar-refractivity contribution in [1.82, 2.24) is 4.98 Å². The molecule has 3 aromatic rings. The highest BCUT2D eigenvalue weighted by Gasteiger charge is 2.29. The van der Waals surface area contributed by atoms with Crippen LogP contribution in [0.4, 0.5) is 5.82 Å². The summed E-state index contributed by atoms with van der Waals surface area (Å²) >= 11 is 0. The summed E-state index contributed by atoms with van der Waals surface area (Å²) < 4.78 is 7.99. The summed E-state index contributed by atoms with van der Waals surface area (Å²) in [4.78, 5) is 6.51. The van der Waals surface area contributed by atoms with Gasteiger partial charge in [-0.3, -0.25) is 4.81 Å². The molecule has 0 bridgehead atoms. The molecule has 0 fully saturated rings. The van der Waals surface area contributed by atoms with E-state index in [9.17, 15) is 0 Å². The van der Waals surface area contributed by atoms with Crippen LogP contribution in [0.1, 0.15) is 0 Å². The lowest BCUT2D eigenvalue weighted by atomic mass is 9.61. The van der Waals surface area contributed by atoms with Crippen molar-refractivity contribution < 1.29 is 8.98 Å². The fraction of sp³-hybridized carbons (Fsp3) is 0.125. The summed E-state index contributed by atoms with van der Waals surface area (Å²) in [6, 6.07) is 10.2. The number of aromatic nitrogens is 2. The summed E-state index contributed by atoms with van der Waals surface area (Å²) in [6.45, 7) is 2.44. The van der Waals surface area contributed by atoms with Gasteiger partial charge in [0.1, 0.15) is 6.20 Å². The van der Waals surface area contributed by atoms with Crippen LogP contribution in [0.15, 0.2) is 47.1 Å². The number of aryl methyl sites for hydroxylation is 1. The number of hydrogen-bond donors (Lipinski definition) is 0. The molecule has 1 aliphatic heterocycles. The Labute approximate surface area is 122 Å². The van der Waals surface area contributed by atoms with E-state index >= 15 is 0 Å². The Kier molecular flexibility index (Phi) is 2.60. The second kappa shape index (κ2) is 4.48. The minimum Gasteiger partial charge on any atom is -0.434 e. The van der Waals surface area contributed by atoms with Gasteiger partial charge in [-0.15, -0.1) is 0 Å². The summed E-state index contributed by atoms with van der Waals surface area (Å²) in [5.41, 5.74) is 1.56. The lowest BCUT2D eigenvalue weighted by molar-refractivity contribution is -0.658. The van der Waals surface area contributed by atoms with Crippen LogP contribution in [-0.4, -0.2) is 11.8 Å². The van der Waals surface area contributed by atoms with Gasteiger partial charge in [-0.25, -0.2) is 9.55 Å². The molecule has 4 rings (SSSR count). The zero-order valence-electron chi connectivity index (χ0n) is 12.0. The first-order valence-corrected chi connectivity index (χ1v) is 7.04. The lowest BCUT2D eigenvalue weighted by Gasteiger charge is -2.18. The normalized spacial score (nSPS) is 13.8. The zero-order chi connectivity index (χ0) is 14.4. The molecule has 1 aliphatic rings. The van der Waals surface area contributed by atoms with Crippen molar-refractivity contribution in [2.24, 2.45) is 7.05 Å². The van der Waals surface area contributed by atoms with Gasteiger partial charge in [-0.2, -0.15) is 0 Å². The highest BCUT2D eigenvalue weighted by atomic mass is 16.3. The fourth-order valence-corrected chi connectivity index (χ4v) is 2.86. The van der Waals surface area contributed by atoms with Crippen LogP contribution in [-0.2, 0) is 7.05 Å². The van der Waals surface area contributed by atoms with Gasteiger partial charge in [0.2, 0.25) is 5.71 Å². The second-order valence-electron chi connectivity index (χ2n) is 5.35. The number of rotatable bonds is 1. The number of furan rings is 1. The van der Waals surface area contributed by atoms with E-state index < -0.39 is 0 Å². The minimum atomic E-state index is 0.257. The van der Waals surface area contributed by atoms with Crippen molar-refractivity contribution >= 4 is 35.9 Å². The highest BCUT2D eigenvalue weighted by molar-refractivity contribution is 6.77. The van der Waals surface area contributed by atoms with Gasteiger partial charge < -0.3 is 4.42 Å². The zero-order valence-corrected chi connectivity index (χ0v) is 12.0. The lowest BCUT2D eigenvalue weighted by Crippen LogP contribution is -2.47. The average molecular weight is 276 g/mol. The first-order valence-electron chi connectivity index (χ1n) is 7.04. The topological polar surface area (TPSA) is 33.2 Å². The maximum Gasteiger partial charge on any atom is 0.402 e. The molecule has 0 atom stereocenters. The SMILES string of the molecule is CB1C=c2c(oc3ncccc23)=CN1c1cccc[n+]1C. The van der Waals surface area contributed by atoms with Gasteiger partial charge in [-0.05, 0) is 25.0 Å². The van der Waals surface area contributed by atoms with Gasteiger partial charge in [0, 0.05) is 22.9 Å². The third-order valence-electron chi connectivity index (χ3n) is 3.93. The molecule has 0 radical (unpaired) electrons. The first kappa shape index (κ1) is 12.2. The Morgan fingerprint density at radius 3 is 3.00 bits per heavy atom. The van der Waals surface area contributed by atoms with E-state index in [1.54, 1.807) is 6.20 Å². The monoisotopic (exact) mass is 276 g/mol. The molecule has 102 valence electrons. The minimum absolute atomic E-state index is 0.257. The summed E-state index contributed by atoms with van der Waals surface area (Å²) in [5.74, 6) is 3.36. The molecular formula is C16H15BN3O+. The third-order valence-corrected chi connectivity index (χ3v) is 3.93. The van der Waals surface area contributed by atoms with Crippen molar-refractivity contribution in [3.8, 4) is 0 Å². The maximum absolute atomic E-state index is 5.88. The van der Waals surface area contributed by atoms with E-state index in [4.69, 9.17) is 4.42 Å². The van der Waals surface area contributed by atoms with Crippen molar-refractivity contribution in [2.45, 2.75) is 6.82 Å². The van der Waals surface area contributed by atoms with Crippen molar-refractivity contribution in [2.75, 3.05) is 4.81 Å². The highest BCUT2D eigenvalue weighted by Crippen LogP contribution is 2.14. The number of pyridine rings is 2. The van der Waals surface area contributed by atoms with Crippen LogP contribution >= 0.6 is 0 Å². The Balaban J connectivity index is 1.97. The first-order chi connectivity index (χ1) is 10.2. The molecule has 0 amide bonds. The van der Waals surface area contributed by atoms with E-state index in [-0.39, 0.29) is 6.85 Å². The summed E-state index contributed by atoms with van der Waals surface area (Å²) in [5, 5.41) is 2.22.